The summed E-state index contributed by atoms with van der Waals surface area (Å²) in [5.41, 5.74) is 1.04. The van der Waals surface area contributed by atoms with Crippen molar-refractivity contribution in [3.63, 3.8) is 0 Å². The summed E-state index contributed by atoms with van der Waals surface area (Å²) in [5, 5.41) is 9.47. The minimum absolute atomic E-state index is 0.137. The van der Waals surface area contributed by atoms with Crippen LogP contribution in [-0.2, 0) is 11.2 Å². The molecule has 2 aliphatic rings. The lowest BCUT2D eigenvalue weighted by Crippen LogP contribution is -1.97. The molecule has 0 radical (unpaired) electrons. The molecule has 2 aliphatic heterocycles. The lowest BCUT2D eigenvalue weighted by Gasteiger charge is -2.04. The summed E-state index contributed by atoms with van der Waals surface area (Å²) in [7, 11) is 0. The Hall–Kier alpha value is -1.42. The molecular weight excluding hydrogens is 184 g/mol. The van der Waals surface area contributed by atoms with Crippen LogP contribution in [0.4, 0.5) is 0 Å². The van der Waals surface area contributed by atoms with Crippen molar-refractivity contribution in [1.82, 2.24) is 0 Å². The predicted molar refractivity (Wildman–Crippen MR) is 47.7 cm³/mol. The highest BCUT2D eigenvalue weighted by Gasteiger charge is 2.28. The van der Waals surface area contributed by atoms with Crippen LogP contribution in [0.15, 0.2) is 12.1 Å². The van der Waals surface area contributed by atoms with Crippen LogP contribution in [-0.4, -0.2) is 24.6 Å². The van der Waals surface area contributed by atoms with Crippen molar-refractivity contribution < 1.29 is 19.3 Å². The summed E-state index contributed by atoms with van der Waals surface area (Å²) in [6.45, 7) is 1.00. The Morgan fingerprint density at radius 3 is 2.86 bits per heavy atom. The molecule has 1 fully saturated rings. The van der Waals surface area contributed by atoms with E-state index in [0.717, 1.165) is 18.6 Å². The maximum absolute atomic E-state index is 9.47. The Morgan fingerprint density at radius 2 is 2.07 bits per heavy atom. The second kappa shape index (κ2) is 2.78. The van der Waals surface area contributed by atoms with Gasteiger partial charge in [0.15, 0.2) is 11.5 Å². The number of rotatable bonds is 2. The summed E-state index contributed by atoms with van der Waals surface area (Å²) in [6.07, 6.45) is 1.14. The van der Waals surface area contributed by atoms with E-state index in [4.69, 9.17) is 14.2 Å². The van der Waals surface area contributed by atoms with Crippen molar-refractivity contribution in [3.8, 4) is 17.2 Å². The first-order valence-electron chi connectivity index (χ1n) is 4.56. The van der Waals surface area contributed by atoms with E-state index in [-0.39, 0.29) is 12.5 Å². The van der Waals surface area contributed by atoms with Gasteiger partial charge in [0.25, 0.3) is 0 Å². The van der Waals surface area contributed by atoms with Crippen LogP contribution in [0.2, 0.25) is 0 Å². The molecule has 1 aromatic rings. The van der Waals surface area contributed by atoms with Gasteiger partial charge >= 0.3 is 0 Å². The van der Waals surface area contributed by atoms with E-state index in [2.05, 4.69) is 0 Å². The third-order valence-electron chi connectivity index (χ3n) is 2.43. The summed E-state index contributed by atoms with van der Waals surface area (Å²) < 4.78 is 15.6. The minimum Gasteiger partial charge on any atom is -0.504 e. The van der Waals surface area contributed by atoms with Crippen molar-refractivity contribution >= 4 is 0 Å². The summed E-state index contributed by atoms with van der Waals surface area (Å²) in [5.74, 6) is 1.27. The molecule has 3 rings (SSSR count). The molecule has 0 aliphatic carbocycles. The number of fused-ring (bicyclic) bond motifs is 1. The fourth-order valence-corrected chi connectivity index (χ4v) is 1.63. The number of ether oxygens (including phenoxy) is 3. The molecule has 4 heteroatoms. The monoisotopic (exact) mass is 194 g/mol. The maximum atomic E-state index is 9.47. The summed E-state index contributed by atoms with van der Waals surface area (Å²) >= 11 is 0. The maximum Gasteiger partial charge on any atom is 0.231 e. The summed E-state index contributed by atoms with van der Waals surface area (Å²) in [4.78, 5) is 0. The molecule has 4 nitrogen and oxygen atoms in total. The molecule has 1 unspecified atom stereocenters. The molecule has 0 aromatic heterocycles. The Morgan fingerprint density at radius 1 is 1.29 bits per heavy atom. The van der Waals surface area contributed by atoms with Crippen molar-refractivity contribution in [2.24, 2.45) is 0 Å². The number of hydrogen-bond donors (Lipinski definition) is 1. The third-order valence-corrected chi connectivity index (χ3v) is 2.43. The fourth-order valence-electron chi connectivity index (χ4n) is 1.63. The topological polar surface area (TPSA) is 51.2 Å². The molecule has 1 saturated heterocycles. The Bertz CT molecular complexity index is 371. The zero-order valence-corrected chi connectivity index (χ0v) is 7.53. The quantitative estimate of drug-likeness (QED) is 0.715. The van der Waals surface area contributed by atoms with Crippen LogP contribution < -0.4 is 9.47 Å². The highest BCUT2D eigenvalue weighted by molar-refractivity contribution is 5.56. The van der Waals surface area contributed by atoms with E-state index in [0.29, 0.717) is 17.6 Å². The van der Waals surface area contributed by atoms with Crippen LogP contribution in [0.1, 0.15) is 5.56 Å². The largest absolute Gasteiger partial charge is 0.504 e. The number of aromatic hydroxyl groups is 1. The molecule has 1 N–H and O–H groups in total. The van der Waals surface area contributed by atoms with E-state index < -0.39 is 0 Å². The molecule has 2 heterocycles. The van der Waals surface area contributed by atoms with Gasteiger partial charge in [-0.3, -0.25) is 0 Å². The van der Waals surface area contributed by atoms with Crippen LogP contribution in [0.25, 0.3) is 0 Å². The first-order valence-corrected chi connectivity index (χ1v) is 4.56. The minimum atomic E-state index is 0.137. The van der Waals surface area contributed by atoms with Crippen molar-refractivity contribution in [2.75, 3.05) is 13.4 Å². The fraction of sp³-hybridized carbons (Fsp3) is 0.400. The number of phenols is 1. The number of hydrogen-bond acceptors (Lipinski definition) is 4. The number of epoxide rings is 1. The highest BCUT2D eigenvalue weighted by atomic mass is 16.7. The molecular formula is C10H10O4. The summed E-state index contributed by atoms with van der Waals surface area (Å²) in [6, 6.07) is 3.48. The Labute approximate surface area is 81.0 Å². The second-order valence-corrected chi connectivity index (χ2v) is 3.47. The molecule has 0 spiro atoms. The molecule has 74 valence electrons. The van der Waals surface area contributed by atoms with Gasteiger partial charge in [0, 0.05) is 12.0 Å². The first-order chi connectivity index (χ1) is 6.84. The third kappa shape index (κ3) is 1.19. The van der Waals surface area contributed by atoms with Crippen molar-refractivity contribution in [2.45, 2.75) is 12.5 Å². The van der Waals surface area contributed by atoms with Crippen LogP contribution in [0, 0.1) is 0 Å². The molecule has 14 heavy (non-hydrogen) atoms. The average Bonchev–Trinajstić information content (AvgIpc) is 2.83. The van der Waals surface area contributed by atoms with Crippen molar-refractivity contribution in [1.29, 1.82) is 0 Å². The van der Waals surface area contributed by atoms with E-state index in [9.17, 15) is 5.11 Å². The van der Waals surface area contributed by atoms with Gasteiger partial charge in [0.1, 0.15) is 0 Å². The first kappa shape index (κ1) is 7.94. The van der Waals surface area contributed by atoms with Crippen LogP contribution >= 0.6 is 0 Å². The molecule has 0 bridgehead atoms. The number of benzene rings is 1. The SMILES string of the molecule is Oc1ccc(CC2CO2)c2c1OCO2. The van der Waals surface area contributed by atoms with Gasteiger partial charge in [-0.05, 0) is 6.07 Å². The molecule has 1 aromatic carbocycles. The highest BCUT2D eigenvalue weighted by Crippen LogP contribution is 2.43. The van der Waals surface area contributed by atoms with Crippen molar-refractivity contribution in [3.05, 3.63) is 17.7 Å². The van der Waals surface area contributed by atoms with Gasteiger partial charge in [-0.25, -0.2) is 0 Å². The van der Waals surface area contributed by atoms with Gasteiger partial charge in [0.05, 0.1) is 12.7 Å². The molecule has 0 saturated carbocycles. The van der Waals surface area contributed by atoms with Gasteiger partial charge in [-0.15, -0.1) is 0 Å². The standard InChI is InChI=1S/C10H10O4/c11-8-2-1-6(3-7-4-12-7)9-10(8)14-5-13-9/h1-2,7,11H,3-5H2. The second-order valence-electron chi connectivity index (χ2n) is 3.47. The Balaban J connectivity index is 1.99. The van der Waals surface area contributed by atoms with Crippen LogP contribution in [0.5, 0.6) is 17.2 Å². The smallest absolute Gasteiger partial charge is 0.231 e. The zero-order valence-electron chi connectivity index (χ0n) is 7.53. The van der Waals surface area contributed by atoms with Gasteiger partial charge in [-0.1, -0.05) is 6.07 Å². The van der Waals surface area contributed by atoms with E-state index in [1.165, 1.54) is 0 Å². The lowest BCUT2D eigenvalue weighted by atomic mass is 10.1. The predicted octanol–water partition coefficient (Wildman–Crippen LogP) is 1.06. The number of phenolic OH excluding ortho intramolecular Hbond substituents is 1. The molecule has 0 amide bonds. The van der Waals surface area contributed by atoms with Crippen LogP contribution in [0.3, 0.4) is 0 Å². The van der Waals surface area contributed by atoms with E-state index in [1.807, 2.05) is 6.07 Å². The Kier molecular flexibility index (Phi) is 1.58. The van der Waals surface area contributed by atoms with Gasteiger partial charge in [0.2, 0.25) is 12.5 Å². The average molecular weight is 194 g/mol. The van der Waals surface area contributed by atoms with E-state index >= 15 is 0 Å². The normalized spacial score (nSPS) is 22.4. The van der Waals surface area contributed by atoms with Gasteiger partial charge in [-0.2, -0.15) is 0 Å². The molecule has 1 atom stereocenters. The van der Waals surface area contributed by atoms with Gasteiger partial charge < -0.3 is 19.3 Å². The lowest BCUT2D eigenvalue weighted by molar-refractivity contribution is 0.170. The van der Waals surface area contributed by atoms with E-state index in [1.54, 1.807) is 6.07 Å². The zero-order chi connectivity index (χ0) is 9.54.